The quantitative estimate of drug-likeness (QED) is 0.711. The number of halogens is 1. The van der Waals surface area contributed by atoms with Gasteiger partial charge in [-0.1, -0.05) is 5.21 Å². The summed E-state index contributed by atoms with van der Waals surface area (Å²) in [6.45, 7) is 0.605. The molecule has 12 heteroatoms. The summed E-state index contributed by atoms with van der Waals surface area (Å²) in [6.07, 6.45) is 2.00. The maximum atomic E-state index is 12.3. The predicted octanol–water partition coefficient (Wildman–Crippen LogP) is -0.720. The Morgan fingerprint density at radius 3 is 2.24 bits per heavy atom. The molecule has 0 amide bonds. The van der Waals surface area contributed by atoms with Crippen LogP contribution in [0.15, 0.2) is 9.63 Å². The van der Waals surface area contributed by atoms with E-state index in [1.54, 1.807) is 0 Å². The number of nitrogens with one attached hydrogen (secondary N) is 1. The average Bonchev–Trinajstić information content (AvgIpc) is 2.68. The molecular weight excluding hydrogens is 386 g/mol. The summed E-state index contributed by atoms with van der Waals surface area (Å²) in [7, 11) is -5.50. The topological polar surface area (TPSA) is 114 Å². The van der Waals surface area contributed by atoms with Crippen LogP contribution in [0.25, 0.3) is 0 Å². The second-order valence-electron chi connectivity index (χ2n) is 4.87. The molecule has 0 atom stereocenters. The molecule has 2 rings (SSSR count). The van der Waals surface area contributed by atoms with E-state index in [-0.39, 0.29) is 15.7 Å². The first-order valence-corrected chi connectivity index (χ1v) is 10.3. The van der Waals surface area contributed by atoms with Crippen LogP contribution in [0.2, 0.25) is 0 Å². The van der Waals surface area contributed by atoms with E-state index >= 15 is 0 Å². The fourth-order valence-electron chi connectivity index (χ4n) is 2.19. The molecule has 0 aromatic carbocycles. The highest BCUT2D eigenvalue weighted by atomic mass is 79.9. The number of hydrogen-bond donors (Lipinski definition) is 1. The Balaban J connectivity index is 2.07. The number of sulfonamides is 2. The van der Waals surface area contributed by atoms with Crippen molar-refractivity contribution >= 4 is 36.0 Å². The second kappa shape index (κ2) is 5.91. The van der Waals surface area contributed by atoms with Crippen molar-refractivity contribution in [2.75, 3.05) is 19.3 Å². The van der Waals surface area contributed by atoms with Gasteiger partial charge in [-0.25, -0.2) is 30.5 Å². The number of aryl methyl sites for hydroxylation is 1. The van der Waals surface area contributed by atoms with Crippen molar-refractivity contribution in [3.63, 3.8) is 0 Å². The molecule has 1 fully saturated rings. The molecule has 1 aliphatic rings. The van der Waals surface area contributed by atoms with Gasteiger partial charge in [-0.05, 0) is 28.8 Å². The van der Waals surface area contributed by atoms with Crippen molar-refractivity contribution in [1.29, 1.82) is 0 Å². The van der Waals surface area contributed by atoms with E-state index in [4.69, 9.17) is 0 Å². The summed E-state index contributed by atoms with van der Waals surface area (Å²) in [4.78, 5) is 0. The van der Waals surface area contributed by atoms with Gasteiger partial charge >= 0.3 is 0 Å². The van der Waals surface area contributed by atoms with Gasteiger partial charge in [0.2, 0.25) is 15.0 Å². The van der Waals surface area contributed by atoms with Gasteiger partial charge in [0.1, 0.15) is 0 Å². The number of nitrogens with zero attached hydrogens (tertiary/aromatic N) is 4. The maximum Gasteiger partial charge on any atom is 0.260 e. The lowest BCUT2D eigenvalue weighted by Crippen LogP contribution is -2.46. The van der Waals surface area contributed by atoms with Gasteiger partial charge in [-0.3, -0.25) is 0 Å². The number of piperidine rings is 1. The highest BCUT2D eigenvalue weighted by molar-refractivity contribution is 9.10. The van der Waals surface area contributed by atoms with Gasteiger partial charge in [-0.2, -0.15) is 0 Å². The Labute approximate surface area is 131 Å². The van der Waals surface area contributed by atoms with Crippen LogP contribution >= 0.6 is 15.9 Å². The monoisotopic (exact) mass is 401 g/mol. The van der Waals surface area contributed by atoms with Gasteiger partial charge < -0.3 is 0 Å². The van der Waals surface area contributed by atoms with E-state index in [9.17, 15) is 16.8 Å². The zero-order valence-electron chi connectivity index (χ0n) is 11.5. The fourth-order valence-corrected chi connectivity index (χ4v) is 5.46. The largest absolute Gasteiger partial charge is 0.260 e. The van der Waals surface area contributed by atoms with Gasteiger partial charge in [0, 0.05) is 26.2 Å². The molecule has 0 bridgehead atoms. The first-order chi connectivity index (χ1) is 9.61. The van der Waals surface area contributed by atoms with Crippen LogP contribution in [-0.4, -0.2) is 61.5 Å². The summed E-state index contributed by atoms with van der Waals surface area (Å²) in [5.41, 5.74) is 0. The minimum atomic E-state index is -3.76. The van der Waals surface area contributed by atoms with Crippen LogP contribution < -0.4 is 4.72 Å². The zero-order valence-corrected chi connectivity index (χ0v) is 14.7. The Morgan fingerprint density at radius 2 is 1.81 bits per heavy atom. The van der Waals surface area contributed by atoms with Gasteiger partial charge in [0.25, 0.3) is 10.0 Å². The molecular formula is C9H16BrN5O4S2. The van der Waals surface area contributed by atoms with Crippen molar-refractivity contribution in [2.24, 2.45) is 7.05 Å². The third-order valence-corrected chi connectivity index (χ3v) is 6.95. The summed E-state index contributed by atoms with van der Waals surface area (Å²) >= 11 is 3.05. The smallest absolute Gasteiger partial charge is 0.235 e. The lowest BCUT2D eigenvalue weighted by atomic mass is 10.1. The molecule has 0 spiro atoms. The normalized spacial score (nSPS) is 19.0. The lowest BCUT2D eigenvalue weighted by molar-refractivity contribution is 0.310. The van der Waals surface area contributed by atoms with Crippen molar-refractivity contribution in [3.05, 3.63) is 4.60 Å². The van der Waals surface area contributed by atoms with Crippen LogP contribution in [0, 0.1) is 0 Å². The van der Waals surface area contributed by atoms with E-state index in [1.165, 1.54) is 11.4 Å². The number of rotatable bonds is 4. The summed E-state index contributed by atoms with van der Waals surface area (Å²) in [6, 6.07) is -0.310. The molecule has 0 aliphatic carbocycles. The second-order valence-corrected chi connectivity index (χ2v) is 9.23. The molecule has 21 heavy (non-hydrogen) atoms. The molecule has 9 nitrogen and oxygen atoms in total. The molecule has 0 radical (unpaired) electrons. The Morgan fingerprint density at radius 1 is 1.24 bits per heavy atom. The third-order valence-electron chi connectivity index (χ3n) is 3.24. The Hall–Kier alpha value is -0.560. The Bertz CT molecular complexity index is 702. The SMILES string of the molecule is Cn1nnc(Br)c1S(=O)(=O)NC1CCN(S(C)(=O)=O)CC1. The van der Waals surface area contributed by atoms with E-state index < -0.39 is 20.0 Å². The molecule has 1 aromatic rings. The molecule has 1 N–H and O–H groups in total. The van der Waals surface area contributed by atoms with Gasteiger partial charge in [0.15, 0.2) is 4.60 Å². The zero-order chi connectivity index (χ0) is 15.8. The van der Waals surface area contributed by atoms with E-state index in [0.29, 0.717) is 25.9 Å². The van der Waals surface area contributed by atoms with Crippen molar-refractivity contribution in [1.82, 2.24) is 24.0 Å². The van der Waals surface area contributed by atoms with E-state index in [0.717, 1.165) is 10.9 Å². The van der Waals surface area contributed by atoms with Gasteiger partial charge in [-0.15, -0.1) is 5.10 Å². The van der Waals surface area contributed by atoms with Crippen molar-refractivity contribution < 1.29 is 16.8 Å². The van der Waals surface area contributed by atoms with Crippen LogP contribution in [0.5, 0.6) is 0 Å². The average molecular weight is 402 g/mol. The fraction of sp³-hybridized carbons (Fsp3) is 0.778. The summed E-state index contributed by atoms with van der Waals surface area (Å²) in [5.74, 6) is 0. The molecule has 1 saturated heterocycles. The molecule has 120 valence electrons. The third kappa shape index (κ3) is 3.80. The van der Waals surface area contributed by atoms with E-state index in [1.807, 2.05) is 0 Å². The van der Waals surface area contributed by atoms with Crippen LogP contribution in [-0.2, 0) is 27.1 Å². The maximum absolute atomic E-state index is 12.3. The van der Waals surface area contributed by atoms with Crippen LogP contribution in [0.3, 0.4) is 0 Å². The van der Waals surface area contributed by atoms with Crippen molar-refractivity contribution in [3.8, 4) is 0 Å². The highest BCUT2D eigenvalue weighted by Crippen LogP contribution is 2.20. The minimum absolute atomic E-state index is 0.0481. The standard InChI is InChI=1S/C9H16BrN5O4S2/c1-14-9(8(10)11-13-14)21(18,19)12-7-3-5-15(6-4-7)20(2,16)17/h7,12H,3-6H2,1-2H3. The molecule has 1 aliphatic heterocycles. The molecule has 0 saturated carbocycles. The molecule has 1 aromatic heterocycles. The predicted molar refractivity (Wildman–Crippen MR) is 78.5 cm³/mol. The number of aromatic nitrogens is 3. The van der Waals surface area contributed by atoms with Crippen LogP contribution in [0.4, 0.5) is 0 Å². The van der Waals surface area contributed by atoms with Crippen molar-refractivity contribution in [2.45, 2.75) is 23.9 Å². The Kier molecular flexibility index (Phi) is 4.73. The molecule has 2 heterocycles. The lowest BCUT2D eigenvalue weighted by Gasteiger charge is -2.30. The van der Waals surface area contributed by atoms with E-state index in [2.05, 4.69) is 31.0 Å². The first-order valence-electron chi connectivity index (χ1n) is 6.14. The number of hydrogen-bond acceptors (Lipinski definition) is 6. The highest BCUT2D eigenvalue weighted by Gasteiger charge is 2.30. The summed E-state index contributed by atoms with van der Waals surface area (Å²) in [5, 5.41) is 7.23. The first kappa shape index (κ1) is 16.8. The minimum Gasteiger partial charge on any atom is -0.235 e. The summed E-state index contributed by atoms with van der Waals surface area (Å²) < 4.78 is 52.7. The van der Waals surface area contributed by atoms with Gasteiger partial charge in [0.05, 0.1) is 6.26 Å². The molecule has 0 unspecified atom stereocenters. The van der Waals surface area contributed by atoms with Crippen LogP contribution in [0.1, 0.15) is 12.8 Å².